The van der Waals surface area contributed by atoms with Gasteiger partial charge in [-0.25, -0.2) is 0 Å². The van der Waals surface area contributed by atoms with Gasteiger partial charge in [0.15, 0.2) is 0 Å². The Hall–Kier alpha value is -4.06. The van der Waals surface area contributed by atoms with Crippen LogP contribution in [0.3, 0.4) is 0 Å². The van der Waals surface area contributed by atoms with Crippen LogP contribution in [0.2, 0.25) is 0 Å². The number of likely N-dealkylation sites (tertiary alicyclic amines) is 1. The number of para-hydroxylation sites is 1. The zero-order chi connectivity index (χ0) is 25.1. The highest BCUT2D eigenvalue weighted by atomic mass is 16.5. The highest BCUT2D eigenvalue weighted by molar-refractivity contribution is 6.46. The minimum Gasteiger partial charge on any atom is -0.507 e. The van der Waals surface area contributed by atoms with Gasteiger partial charge in [-0.3, -0.25) is 9.59 Å². The van der Waals surface area contributed by atoms with Crippen molar-refractivity contribution in [2.75, 3.05) is 7.11 Å². The van der Waals surface area contributed by atoms with E-state index in [0.29, 0.717) is 17.1 Å². The van der Waals surface area contributed by atoms with Crippen LogP contribution in [0, 0.1) is 6.92 Å². The summed E-state index contributed by atoms with van der Waals surface area (Å²) in [6.45, 7) is 5.92. The fourth-order valence-electron chi connectivity index (χ4n) is 4.38. The summed E-state index contributed by atoms with van der Waals surface area (Å²) in [6.07, 6.45) is 0.00605. The molecule has 1 heterocycles. The first kappa shape index (κ1) is 24.1. The number of nitrogens with zero attached hydrogens (tertiary/aromatic N) is 1. The molecule has 0 aromatic heterocycles. The Bertz CT molecular complexity index is 1280. The first-order valence-corrected chi connectivity index (χ1v) is 11.5. The maximum Gasteiger partial charge on any atom is 0.295 e. The maximum absolute atomic E-state index is 13.3. The van der Waals surface area contributed by atoms with Gasteiger partial charge in [-0.15, -0.1) is 0 Å². The molecular weight excluding hydrogens is 442 g/mol. The quantitative estimate of drug-likeness (QED) is 0.283. The third-order valence-electron chi connectivity index (χ3n) is 6.00. The van der Waals surface area contributed by atoms with Gasteiger partial charge >= 0.3 is 0 Å². The number of Topliss-reactive ketones (excluding diaryl/α,β-unsaturated/α-hetero) is 1. The molecule has 1 fully saturated rings. The number of carbonyl (C=O) groups is 2. The SMILES string of the molecule is COc1ccccc1CN1C(=O)C(=O)/C(=C(\O)c2ccc(OC(C)C)c(C)c2)C1c1ccccc1. The van der Waals surface area contributed by atoms with Gasteiger partial charge in [0, 0.05) is 11.1 Å². The predicted molar refractivity (Wildman–Crippen MR) is 134 cm³/mol. The van der Waals surface area contributed by atoms with E-state index in [-0.39, 0.29) is 24.0 Å². The minimum absolute atomic E-state index is 0.00605. The van der Waals surface area contributed by atoms with Gasteiger partial charge in [0.1, 0.15) is 17.3 Å². The first-order valence-electron chi connectivity index (χ1n) is 11.5. The number of ketones is 1. The van der Waals surface area contributed by atoms with Crippen molar-refractivity contribution in [2.24, 2.45) is 0 Å². The lowest BCUT2D eigenvalue weighted by molar-refractivity contribution is -0.140. The molecule has 3 aromatic carbocycles. The molecule has 1 N–H and O–H groups in total. The van der Waals surface area contributed by atoms with E-state index in [1.54, 1.807) is 25.3 Å². The molecule has 0 radical (unpaired) electrons. The van der Waals surface area contributed by atoms with Crippen LogP contribution in [0.4, 0.5) is 0 Å². The molecule has 180 valence electrons. The zero-order valence-corrected chi connectivity index (χ0v) is 20.3. The molecule has 1 atom stereocenters. The van der Waals surface area contributed by atoms with Crippen LogP contribution in [0.1, 0.15) is 42.1 Å². The van der Waals surface area contributed by atoms with Crippen molar-refractivity contribution in [3.8, 4) is 11.5 Å². The Morgan fingerprint density at radius 3 is 2.31 bits per heavy atom. The molecule has 0 aliphatic carbocycles. The summed E-state index contributed by atoms with van der Waals surface area (Å²) in [5.74, 6) is -0.265. The van der Waals surface area contributed by atoms with E-state index in [4.69, 9.17) is 9.47 Å². The lowest BCUT2D eigenvalue weighted by Gasteiger charge is -2.26. The van der Waals surface area contributed by atoms with E-state index >= 15 is 0 Å². The lowest BCUT2D eigenvalue weighted by atomic mass is 9.94. The van der Waals surface area contributed by atoms with Gasteiger partial charge in [0.2, 0.25) is 0 Å². The molecule has 6 heteroatoms. The Labute approximate surface area is 205 Å². The van der Waals surface area contributed by atoms with E-state index in [0.717, 1.165) is 16.7 Å². The molecule has 1 aliphatic heterocycles. The average molecular weight is 472 g/mol. The largest absolute Gasteiger partial charge is 0.507 e. The molecular formula is C29H29NO5. The number of amides is 1. The van der Waals surface area contributed by atoms with Gasteiger partial charge in [-0.2, -0.15) is 0 Å². The number of hydrogen-bond donors (Lipinski definition) is 1. The van der Waals surface area contributed by atoms with Crippen molar-refractivity contribution < 1.29 is 24.2 Å². The maximum atomic E-state index is 13.3. The second-order valence-corrected chi connectivity index (χ2v) is 8.80. The Morgan fingerprint density at radius 2 is 1.66 bits per heavy atom. The fraction of sp³-hybridized carbons (Fsp3) is 0.241. The number of hydrogen-bond acceptors (Lipinski definition) is 5. The minimum atomic E-state index is -0.743. The van der Waals surface area contributed by atoms with Gasteiger partial charge in [-0.1, -0.05) is 48.5 Å². The molecule has 6 nitrogen and oxygen atoms in total. The lowest BCUT2D eigenvalue weighted by Crippen LogP contribution is -2.29. The topological polar surface area (TPSA) is 76.1 Å². The van der Waals surface area contributed by atoms with Gasteiger partial charge in [0.05, 0.1) is 31.4 Å². The molecule has 0 bridgehead atoms. The third-order valence-corrected chi connectivity index (χ3v) is 6.00. The predicted octanol–water partition coefficient (Wildman–Crippen LogP) is 5.41. The van der Waals surface area contributed by atoms with Crippen molar-refractivity contribution in [3.05, 3.63) is 101 Å². The van der Waals surface area contributed by atoms with E-state index in [1.165, 1.54) is 4.90 Å². The number of benzene rings is 3. The van der Waals surface area contributed by atoms with E-state index < -0.39 is 17.7 Å². The molecule has 0 spiro atoms. The fourth-order valence-corrected chi connectivity index (χ4v) is 4.38. The number of ether oxygens (including phenoxy) is 2. The monoisotopic (exact) mass is 471 g/mol. The second-order valence-electron chi connectivity index (χ2n) is 8.80. The number of methoxy groups -OCH3 is 1. The van der Waals surface area contributed by atoms with Crippen LogP contribution in [-0.2, 0) is 16.1 Å². The summed E-state index contributed by atoms with van der Waals surface area (Å²) >= 11 is 0. The summed E-state index contributed by atoms with van der Waals surface area (Å²) < 4.78 is 11.3. The molecule has 1 aliphatic rings. The molecule has 1 amide bonds. The van der Waals surface area contributed by atoms with Crippen molar-refractivity contribution >= 4 is 17.4 Å². The smallest absolute Gasteiger partial charge is 0.295 e. The van der Waals surface area contributed by atoms with Gasteiger partial charge in [0.25, 0.3) is 11.7 Å². The number of carbonyl (C=O) groups excluding carboxylic acids is 2. The Balaban J connectivity index is 1.82. The summed E-state index contributed by atoms with van der Waals surface area (Å²) in [6, 6.07) is 21.1. The summed E-state index contributed by atoms with van der Waals surface area (Å²) in [5, 5.41) is 11.3. The van der Waals surface area contributed by atoms with Gasteiger partial charge < -0.3 is 19.5 Å². The molecule has 35 heavy (non-hydrogen) atoms. The number of aliphatic hydroxyl groups excluding tert-OH is 1. The number of aryl methyl sites for hydroxylation is 1. The van der Waals surface area contributed by atoms with Crippen LogP contribution < -0.4 is 9.47 Å². The van der Waals surface area contributed by atoms with E-state index in [1.807, 2.05) is 75.4 Å². The van der Waals surface area contributed by atoms with Gasteiger partial charge in [-0.05, 0) is 56.2 Å². The van der Waals surface area contributed by atoms with Crippen LogP contribution >= 0.6 is 0 Å². The molecule has 4 rings (SSSR count). The first-order chi connectivity index (χ1) is 16.8. The van der Waals surface area contributed by atoms with Crippen molar-refractivity contribution in [1.29, 1.82) is 0 Å². The highest BCUT2D eigenvalue weighted by Gasteiger charge is 2.46. The molecule has 1 unspecified atom stereocenters. The Kier molecular flexibility index (Phi) is 6.92. The summed E-state index contributed by atoms with van der Waals surface area (Å²) in [5.41, 5.74) is 2.84. The summed E-state index contributed by atoms with van der Waals surface area (Å²) in [7, 11) is 1.57. The number of aliphatic hydroxyl groups is 1. The van der Waals surface area contributed by atoms with E-state index in [9.17, 15) is 14.7 Å². The van der Waals surface area contributed by atoms with Crippen molar-refractivity contribution in [1.82, 2.24) is 4.90 Å². The van der Waals surface area contributed by atoms with Crippen molar-refractivity contribution in [2.45, 2.75) is 39.5 Å². The number of rotatable bonds is 7. The van der Waals surface area contributed by atoms with Crippen LogP contribution in [0.25, 0.3) is 5.76 Å². The zero-order valence-electron chi connectivity index (χ0n) is 20.3. The third kappa shape index (κ3) is 4.78. The summed E-state index contributed by atoms with van der Waals surface area (Å²) in [4.78, 5) is 28.0. The standard InChI is InChI=1S/C29H29NO5/c1-18(2)35-23-15-14-21(16-19(23)3)27(31)25-26(20-10-6-5-7-11-20)30(29(33)28(25)32)17-22-12-8-9-13-24(22)34-4/h5-16,18,26,31H,17H2,1-4H3/b27-25-. The van der Waals surface area contributed by atoms with Crippen LogP contribution in [0.5, 0.6) is 11.5 Å². The van der Waals surface area contributed by atoms with E-state index in [2.05, 4.69) is 0 Å². The van der Waals surface area contributed by atoms with Crippen molar-refractivity contribution in [3.63, 3.8) is 0 Å². The molecule has 0 saturated carbocycles. The highest BCUT2D eigenvalue weighted by Crippen LogP contribution is 2.41. The average Bonchev–Trinajstić information content (AvgIpc) is 3.10. The molecule has 3 aromatic rings. The van der Waals surface area contributed by atoms with Crippen LogP contribution in [0.15, 0.2) is 78.4 Å². The normalized spacial score (nSPS) is 17.2. The Morgan fingerprint density at radius 1 is 0.971 bits per heavy atom. The second kappa shape index (κ2) is 10.1. The molecule has 1 saturated heterocycles. The van der Waals surface area contributed by atoms with Crippen LogP contribution in [-0.4, -0.2) is 34.9 Å².